The number of fused-ring (bicyclic) bond motifs is 1. The number of ether oxygens (including phenoxy) is 1. The third kappa shape index (κ3) is 4.71. The molecule has 0 aliphatic carbocycles. The van der Waals surface area contributed by atoms with Crippen LogP contribution in [0.4, 0.5) is 5.69 Å². The van der Waals surface area contributed by atoms with E-state index in [2.05, 4.69) is 20.7 Å². The second-order valence-electron chi connectivity index (χ2n) is 7.00. The van der Waals surface area contributed by atoms with Crippen LogP contribution in [0.5, 0.6) is 5.88 Å². The molecule has 3 rings (SSSR count). The molecule has 0 radical (unpaired) electrons. The Morgan fingerprint density at radius 1 is 1.23 bits per heavy atom. The molecule has 2 N–H and O–H groups in total. The van der Waals surface area contributed by atoms with E-state index in [4.69, 9.17) is 16.3 Å². The molecule has 2 heterocycles. The van der Waals surface area contributed by atoms with Crippen molar-refractivity contribution in [3.05, 3.63) is 46.1 Å². The number of carbonyl (C=O) groups is 2. The number of carbonyl (C=O) groups excluding carboxylic acids is 2. The Morgan fingerprint density at radius 2 is 2.00 bits per heavy atom. The van der Waals surface area contributed by atoms with Gasteiger partial charge in [0, 0.05) is 25.0 Å². The van der Waals surface area contributed by atoms with Crippen LogP contribution in [0, 0.1) is 13.8 Å². The fraction of sp³-hybridized carbons (Fsp3) is 0.333. The molecule has 30 heavy (non-hydrogen) atoms. The maximum absolute atomic E-state index is 12.3. The molecule has 0 fully saturated rings. The standard InChI is InChI=1S/C21H24ClN5O3/c1-5-8-23-20(29)15-7-6-14(10-16(15)22)25-17(28)11-30-21-18-12(2)9-13(3)24-19(18)27(4)26-21/h6-7,9-10H,5,8,11H2,1-4H3,(H,23,29)(H,25,28). The number of pyridine rings is 1. The van der Waals surface area contributed by atoms with Gasteiger partial charge in [-0.3, -0.25) is 9.59 Å². The number of nitrogens with one attached hydrogen (secondary N) is 2. The van der Waals surface area contributed by atoms with E-state index in [1.807, 2.05) is 26.8 Å². The van der Waals surface area contributed by atoms with Gasteiger partial charge in [-0.25, -0.2) is 9.67 Å². The van der Waals surface area contributed by atoms with Crippen molar-refractivity contribution in [1.29, 1.82) is 0 Å². The highest BCUT2D eigenvalue weighted by atomic mass is 35.5. The molecule has 0 aliphatic heterocycles. The van der Waals surface area contributed by atoms with Crippen LogP contribution in [0.2, 0.25) is 5.02 Å². The molecule has 0 saturated heterocycles. The van der Waals surface area contributed by atoms with E-state index < -0.39 is 0 Å². The Morgan fingerprint density at radius 3 is 2.70 bits per heavy atom. The van der Waals surface area contributed by atoms with E-state index in [-0.39, 0.29) is 23.4 Å². The zero-order chi connectivity index (χ0) is 21.8. The lowest BCUT2D eigenvalue weighted by Crippen LogP contribution is -2.24. The zero-order valence-corrected chi connectivity index (χ0v) is 18.1. The van der Waals surface area contributed by atoms with E-state index in [9.17, 15) is 9.59 Å². The molecule has 9 heteroatoms. The van der Waals surface area contributed by atoms with Gasteiger partial charge in [0.15, 0.2) is 12.3 Å². The number of rotatable bonds is 7. The fourth-order valence-electron chi connectivity index (χ4n) is 3.09. The van der Waals surface area contributed by atoms with Crippen molar-refractivity contribution in [2.45, 2.75) is 27.2 Å². The number of hydrogen-bond acceptors (Lipinski definition) is 5. The molecule has 8 nitrogen and oxygen atoms in total. The first-order valence-electron chi connectivity index (χ1n) is 9.61. The van der Waals surface area contributed by atoms with Gasteiger partial charge >= 0.3 is 0 Å². The first-order chi connectivity index (χ1) is 14.3. The summed E-state index contributed by atoms with van der Waals surface area (Å²) in [6, 6.07) is 6.68. The smallest absolute Gasteiger partial charge is 0.262 e. The summed E-state index contributed by atoms with van der Waals surface area (Å²) in [4.78, 5) is 28.9. The quantitative estimate of drug-likeness (QED) is 0.599. The van der Waals surface area contributed by atoms with Crippen LogP contribution in [0.1, 0.15) is 35.0 Å². The maximum Gasteiger partial charge on any atom is 0.262 e. The van der Waals surface area contributed by atoms with Gasteiger partial charge in [0.25, 0.3) is 11.8 Å². The third-order valence-electron chi connectivity index (χ3n) is 4.46. The number of aryl methyl sites for hydroxylation is 3. The van der Waals surface area contributed by atoms with Crippen LogP contribution in [0.25, 0.3) is 11.0 Å². The van der Waals surface area contributed by atoms with E-state index in [0.717, 1.165) is 23.1 Å². The molecule has 2 aromatic heterocycles. The van der Waals surface area contributed by atoms with Crippen LogP contribution in [-0.4, -0.2) is 39.7 Å². The van der Waals surface area contributed by atoms with Crippen LogP contribution >= 0.6 is 11.6 Å². The highest BCUT2D eigenvalue weighted by molar-refractivity contribution is 6.34. The van der Waals surface area contributed by atoms with Crippen molar-refractivity contribution in [2.75, 3.05) is 18.5 Å². The van der Waals surface area contributed by atoms with Gasteiger partial charge in [-0.05, 0) is 50.1 Å². The largest absolute Gasteiger partial charge is 0.466 e. The van der Waals surface area contributed by atoms with Crippen LogP contribution in [-0.2, 0) is 11.8 Å². The number of halogens is 1. The van der Waals surface area contributed by atoms with Gasteiger partial charge in [0.05, 0.1) is 16.0 Å². The summed E-state index contributed by atoms with van der Waals surface area (Å²) < 4.78 is 7.28. The summed E-state index contributed by atoms with van der Waals surface area (Å²) in [5.74, 6) is -0.260. The molecule has 0 saturated carbocycles. The Labute approximate surface area is 179 Å². The van der Waals surface area contributed by atoms with Crippen molar-refractivity contribution >= 4 is 40.1 Å². The summed E-state index contributed by atoms with van der Waals surface area (Å²) in [5, 5.41) is 10.8. The molecule has 3 aromatic rings. The molecule has 158 valence electrons. The molecule has 0 aliphatic rings. The predicted molar refractivity (Wildman–Crippen MR) is 116 cm³/mol. The minimum Gasteiger partial charge on any atom is -0.466 e. The fourth-order valence-corrected chi connectivity index (χ4v) is 3.36. The number of aromatic nitrogens is 3. The number of amides is 2. The number of benzene rings is 1. The van der Waals surface area contributed by atoms with Crippen molar-refractivity contribution in [3.63, 3.8) is 0 Å². The minimum absolute atomic E-state index is 0.226. The van der Waals surface area contributed by atoms with Gasteiger partial charge in [0.1, 0.15) is 0 Å². The molecule has 0 bridgehead atoms. The average molecular weight is 430 g/mol. The highest BCUT2D eigenvalue weighted by Crippen LogP contribution is 2.27. The van der Waals surface area contributed by atoms with Crippen LogP contribution in [0.15, 0.2) is 24.3 Å². The predicted octanol–water partition coefficient (Wildman–Crippen LogP) is 3.40. The molecule has 1 aromatic carbocycles. The summed E-state index contributed by atoms with van der Waals surface area (Å²) in [5.41, 5.74) is 3.39. The van der Waals surface area contributed by atoms with E-state index >= 15 is 0 Å². The van der Waals surface area contributed by atoms with Crippen LogP contribution < -0.4 is 15.4 Å². The lowest BCUT2D eigenvalue weighted by molar-refractivity contribution is -0.118. The minimum atomic E-state index is -0.370. The first-order valence-corrected chi connectivity index (χ1v) is 9.99. The summed E-state index contributed by atoms with van der Waals surface area (Å²) in [7, 11) is 1.78. The lowest BCUT2D eigenvalue weighted by Gasteiger charge is -2.09. The van der Waals surface area contributed by atoms with E-state index in [1.54, 1.807) is 23.9 Å². The maximum atomic E-state index is 12.3. The van der Waals surface area contributed by atoms with Gasteiger partial charge < -0.3 is 15.4 Å². The Kier molecular flexibility index (Phi) is 6.56. The number of hydrogen-bond donors (Lipinski definition) is 2. The molecule has 0 atom stereocenters. The third-order valence-corrected chi connectivity index (χ3v) is 4.77. The van der Waals surface area contributed by atoms with Gasteiger partial charge in [0.2, 0.25) is 5.88 Å². The lowest BCUT2D eigenvalue weighted by atomic mass is 10.2. The van der Waals surface area contributed by atoms with Crippen LogP contribution in [0.3, 0.4) is 0 Å². The molecular formula is C21H24ClN5O3. The van der Waals surface area contributed by atoms with E-state index in [0.29, 0.717) is 29.3 Å². The van der Waals surface area contributed by atoms with Crippen molar-refractivity contribution in [1.82, 2.24) is 20.1 Å². The zero-order valence-electron chi connectivity index (χ0n) is 17.4. The summed E-state index contributed by atoms with van der Waals surface area (Å²) >= 11 is 6.19. The average Bonchev–Trinajstić information content (AvgIpc) is 3.00. The monoisotopic (exact) mass is 429 g/mol. The number of anilines is 1. The Bertz CT molecular complexity index is 1110. The Hall–Kier alpha value is -3.13. The first kappa shape index (κ1) is 21.6. The van der Waals surface area contributed by atoms with Crippen molar-refractivity contribution in [2.24, 2.45) is 7.05 Å². The summed E-state index contributed by atoms with van der Waals surface area (Å²) in [6.07, 6.45) is 0.832. The topological polar surface area (TPSA) is 98.1 Å². The Balaban J connectivity index is 1.66. The normalized spacial score (nSPS) is 10.8. The van der Waals surface area contributed by atoms with Gasteiger partial charge in [-0.2, -0.15) is 0 Å². The molecule has 2 amide bonds. The second kappa shape index (κ2) is 9.13. The summed E-state index contributed by atoms with van der Waals surface area (Å²) in [6.45, 7) is 6.18. The van der Waals surface area contributed by atoms with Crippen molar-refractivity contribution in [3.8, 4) is 5.88 Å². The van der Waals surface area contributed by atoms with Gasteiger partial charge in [-0.1, -0.05) is 18.5 Å². The second-order valence-corrected chi connectivity index (χ2v) is 7.40. The number of nitrogens with zero attached hydrogens (tertiary/aromatic N) is 3. The van der Waals surface area contributed by atoms with Gasteiger partial charge in [-0.15, -0.1) is 5.10 Å². The molecule has 0 unspecified atom stereocenters. The SMILES string of the molecule is CCCNC(=O)c1ccc(NC(=O)COc2nn(C)c3nc(C)cc(C)c23)cc1Cl. The molecular weight excluding hydrogens is 406 g/mol. The highest BCUT2D eigenvalue weighted by Gasteiger charge is 2.16. The molecule has 0 spiro atoms. The van der Waals surface area contributed by atoms with Crippen molar-refractivity contribution < 1.29 is 14.3 Å². The van der Waals surface area contributed by atoms with E-state index in [1.165, 1.54) is 6.07 Å².